The first-order valence-electron chi connectivity index (χ1n) is 5.46. The highest BCUT2D eigenvalue weighted by Crippen LogP contribution is 2.43. The average molecular weight is 237 g/mol. The maximum absolute atomic E-state index is 11.8. The topological polar surface area (TPSA) is 79.5 Å². The molecule has 1 heterocycles. The maximum atomic E-state index is 11.8. The first kappa shape index (κ1) is 11.7. The average Bonchev–Trinajstić information content (AvgIpc) is 2.51. The van der Waals surface area contributed by atoms with Crippen LogP contribution in [0.15, 0.2) is 4.79 Å². The van der Waals surface area contributed by atoms with Crippen molar-refractivity contribution >= 4 is 5.97 Å². The van der Waals surface area contributed by atoms with Crippen molar-refractivity contribution < 1.29 is 15.0 Å². The lowest BCUT2D eigenvalue weighted by molar-refractivity contribution is 0.0690. The Labute approximate surface area is 98.3 Å². The van der Waals surface area contributed by atoms with Crippen LogP contribution in [0.4, 0.5) is 0 Å². The van der Waals surface area contributed by atoms with Crippen LogP contribution in [0.2, 0.25) is 0 Å². The van der Waals surface area contributed by atoms with Crippen LogP contribution in [0.1, 0.15) is 41.9 Å². The van der Waals surface area contributed by atoms with Crippen LogP contribution in [0.3, 0.4) is 0 Å². The summed E-state index contributed by atoms with van der Waals surface area (Å²) in [6, 6.07) is 0. The number of carbonyl (C=O) groups is 1. The highest BCUT2D eigenvalue weighted by Gasteiger charge is 2.37. The van der Waals surface area contributed by atoms with E-state index < -0.39 is 17.1 Å². The Hall–Kier alpha value is -1.78. The molecule has 92 valence electrons. The second-order valence-electron chi connectivity index (χ2n) is 5.10. The predicted octanol–water partition coefficient (Wildman–Crippen LogP) is 1.01. The molecule has 17 heavy (non-hydrogen) atoms. The molecule has 1 aliphatic carbocycles. The number of rotatable bonds is 1. The summed E-state index contributed by atoms with van der Waals surface area (Å²) in [7, 11) is 1.55. The van der Waals surface area contributed by atoms with E-state index in [1.54, 1.807) is 7.05 Å². The minimum Gasteiger partial charge on any atom is -0.506 e. The Bertz CT molecular complexity index is 569. The molecule has 5 heteroatoms. The molecule has 0 saturated heterocycles. The van der Waals surface area contributed by atoms with E-state index in [9.17, 15) is 14.7 Å². The molecule has 0 saturated carbocycles. The van der Waals surface area contributed by atoms with Gasteiger partial charge in [0.05, 0.1) is 0 Å². The Morgan fingerprint density at radius 1 is 1.41 bits per heavy atom. The Morgan fingerprint density at radius 2 is 2.00 bits per heavy atom. The number of hydrogen-bond acceptors (Lipinski definition) is 3. The molecular weight excluding hydrogens is 222 g/mol. The minimum absolute atomic E-state index is 0.297. The normalized spacial score (nSPS) is 16.9. The molecule has 0 unspecified atom stereocenters. The molecule has 1 aliphatic rings. The van der Waals surface area contributed by atoms with Gasteiger partial charge in [-0.25, -0.2) is 4.79 Å². The van der Waals surface area contributed by atoms with E-state index in [-0.39, 0.29) is 11.2 Å². The molecular formula is C12H15NO4. The Kier molecular flexibility index (Phi) is 2.31. The van der Waals surface area contributed by atoms with Crippen LogP contribution in [0.5, 0.6) is 5.75 Å². The summed E-state index contributed by atoms with van der Waals surface area (Å²) in [4.78, 5) is 22.9. The van der Waals surface area contributed by atoms with E-state index >= 15 is 0 Å². The summed E-state index contributed by atoms with van der Waals surface area (Å²) in [5.74, 6) is -1.74. The summed E-state index contributed by atoms with van der Waals surface area (Å²) in [5.41, 5.74) is -0.137. The molecule has 2 N–H and O–H groups in total. The lowest BCUT2D eigenvalue weighted by Gasteiger charge is -2.21. The largest absolute Gasteiger partial charge is 0.506 e. The number of nitrogens with zero attached hydrogens (tertiary/aromatic N) is 1. The molecule has 0 aromatic carbocycles. The van der Waals surface area contributed by atoms with Gasteiger partial charge in [0.2, 0.25) is 0 Å². The molecule has 5 nitrogen and oxygen atoms in total. The zero-order valence-electron chi connectivity index (χ0n) is 10.1. The molecule has 1 aromatic heterocycles. The van der Waals surface area contributed by atoms with Gasteiger partial charge < -0.3 is 14.8 Å². The lowest BCUT2D eigenvalue weighted by atomic mass is 9.86. The quantitative estimate of drug-likeness (QED) is 0.764. The van der Waals surface area contributed by atoms with Gasteiger partial charge in [0.25, 0.3) is 5.56 Å². The molecule has 0 fully saturated rings. The first-order chi connectivity index (χ1) is 7.77. The smallest absolute Gasteiger partial charge is 0.345 e. The van der Waals surface area contributed by atoms with Crippen molar-refractivity contribution in [2.24, 2.45) is 7.05 Å². The SMILES string of the molecule is Cn1c2c(c(O)c(C(=O)O)c1=O)C(C)(C)CC2. The Morgan fingerprint density at radius 3 is 2.53 bits per heavy atom. The molecule has 0 bridgehead atoms. The standard InChI is InChI=1S/C12H15NO4/c1-12(2)5-4-6-8(12)9(14)7(11(16)17)10(15)13(6)3/h14H,4-5H2,1-3H3,(H,16,17). The van der Waals surface area contributed by atoms with Crippen LogP contribution in [-0.4, -0.2) is 20.7 Å². The zero-order valence-corrected chi connectivity index (χ0v) is 10.1. The van der Waals surface area contributed by atoms with E-state index in [0.29, 0.717) is 12.0 Å². The van der Waals surface area contributed by atoms with Gasteiger partial charge >= 0.3 is 5.97 Å². The van der Waals surface area contributed by atoms with Crippen LogP contribution >= 0.6 is 0 Å². The van der Waals surface area contributed by atoms with Crippen molar-refractivity contribution in [1.29, 1.82) is 0 Å². The van der Waals surface area contributed by atoms with Gasteiger partial charge in [-0.15, -0.1) is 0 Å². The molecule has 0 spiro atoms. The number of pyridine rings is 1. The number of carboxylic acids is 1. The zero-order chi connectivity index (χ0) is 13.0. The van der Waals surface area contributed by atoms with Crippen LogP contribution in [0, 0.1) is 0 Å². The van der Waals surface area contributed by atoms with Crippen LogP contribution in [-0.2, 0) is 18.9 Å². The third-order valence-electron chi connectivity index (χ3n) is 3.56. The fraction of sp³-hybridized carbons (Fsp3) is 0.500. The van der Waals surface area contributed by atoms with Gasteiger partial charge in [0.1, 0.15) is 5.75 Å². The highest BCUT2D eigenvalue weighted by molar-refractivity contribution is 5.91. The third-order valence-corrected chi connectivity index (χ3v) is 3.56. The van der Waals surface area contributed by atoms with Gasteiger partial charge in [-0.3, -0.25) is 4.79 Å². The number of aromatic hydroxyl groups is 1. The van der Waals surface area contributed by atoms with Gasteiger partial charge in [-0.2, -0.15) is 0 Å². The minimum atomic E-state index is -1.38. The van der Waals surface area contributed by atoms with Crippen molar-refractivity contribution in [3.05, 3.63) is 27.2 Å². The summed E-state index contributed by atoms with van der Waals surface area (Å²) in [6.45, 7) is 3.88. The van der Waals surface area contributed by atoms with Crippen molar-refractivity contribution in [3.8, 4) is 5.75 Å². The summed E-state index contributed by atoms with van der Waals surface area (Å²) in [6.07, 6.45) is 1.48. The highest BCUT2D eigenvalue weighted by atomic mass is 16.4. The molecule has 0 amide bonds. The number of aromatic carboxylic acids is 1. The Balaban J connectivity index is 2.91. The number of fused-ring (bicyclic) bond motifs is 1. The third kappa shape index (κ3) is 1.45. The second kappa shape index (κ2) is 3.35. The van der Waals surface area contributed by atoms with Crippen LogP contribution in [0.25, 0.3) is 0 Å². The second-order valence-corrected chi connectivity index (χ2v) is 5.10. The molecule has 1 aromatic rings. The van der Waals surface area contributed by atoms with Gasteiger partial charge in [0, 0.05) is 18.3 Å². The fourth-order valence-electron chi connectivity index (χ4n) is 2.57. The van der Waals surface area contributed by atoms with Gasteiger partial charge in [-0.1, -0.05) is 13.8 Å². The molecule has 2 rings (SSSR count). The van der Waals surface area contributed by atoms with Gasteiger partial charge in [-0.05, 0) is 18.3 Å². The van der Waals surface area contributed by atoms with Crippen LogP contribution < -0.4 is 5.56 Å². The van der Waals surface area contributed by atoms with Crippen molar-refractivity contribution in [2.45, 2.75) is 32.1 Å². The van der Waals surface area contributed by atoms with E-state index in [2.05, 4.69) is 0 Å². The maximum Gasteiger partial charge on any atom is 0.345 e. The van der Waals surface area contributed by atoms with Gasteiger partial charge in [0.15, 0.2) is 5.56 Å². The molecule has 0 radical (unpaired) electrons. The summed E-state index contributed by atoms with van der Waals surface area (Å²) >= 11 is 0. The summed E-state index contributed by atoms with van der Waals surface area (Å²) < 4.78 is 1.34. The fourth-order valence-corrected chi connectivity index (χ4v) is 2.57. The van der Waals surface area contributed by atoms with E-state index in [0.717, 1.165) is 12.1 Å². The van der Waals surface area contributed by atoms with Crippen molar-refractivity contribution in [1.82, 2.24) is 4.57 Å². The molecule has 0 aliphatic heterocycles. The van der Waals surface area contributed by atoms with E-state index in [1.807, 2.05) is 13.8 Å². The molecule has 0 atom stereocenters. The van der Waals surface area contributed by atoms with E-state index in [1.165, 1.54) is 4.57 Å². The lowest BCUT2D eigenvalue weighted by Crippen LogP contribution is -2.28. The summed E-state index contributed by atoms with van der Waals surface area (Å²) in [5, 5.41) is 19.0. The van der Waals surface area contributed by atoms with Crippen molar-refractivity contribution in [3.63, 3.8) is 0 Å². The monoisotopic (exact) mass is 237 g/mol. The number of aromatic nitrogens is 1. The predicted molar refractivity (Wildman–Crippen MR) is 61.7 cm³/mol. The first-order valence-corrected chi connectivity index (χ1v) is 5.46. The number of hydrogen-bond donors (Lipinski definition) is 2. The van der Waals surface area contributed by atoms with Crippen molar-refractivity contribution in [2.75, 3.05) is 0 Å². The van der Waals surface area contributed by atoms with E-state index in [4.69, 9.17) is 5.11 Å². The number of carboxylic acid groups (broad SMARTS) is 1.